The summed E-state index contributed by atoms with van der Waals surface area (Å²) in [6.07, 6.45) is 1.25. The van der Waals surface area contributed by atoms with Gasteiger partial charge in [-0.3, -0.25) is 14.7 Å². The highest BCUT2D eigenvalue weighted by Crippen LogP contribution is 2.62. The van der Waals surface area contributed by atoms with Gasteiger partial charge in [-0.2, -0.15) is 0 Å². The van der Waals surface area contributed by atoms with E-state index >= 15 is 0 Å². The van der Waals surface area contributed by atoms with E-state index in [1.807, 2.05) is 6.92 Å². The van der Waals surface area contributed by atoms with E-state index in [0.717, 1.165) is 12.8 Å². The van der Waals surface area contributed by atoms with Crippen LogP contribution in [0.2, 0.25) is 0 Å². The highest BCUT2D eigenvalue weighted by molar-refractivity contribution is 7.55. The molecule has 0 aliphatic carbocycles. The van der Waals surface area contributed by atoms with Crippen LogP contribution in [-0.2, 0) is 13.6 Å². The Kier molecular flexibility index (Phi) is 8.63. The largest absolute Gasteiger partial charge is 0.372 e. The zero-order chi connectivity index (χ0) is 16.7. The SMILES string of the molecule is CCCCCC(O)(C[N+](=O)[O-])P(=O)(OC(C)C)OC(C)C. The highest BCUT2D eigenvalue weighted by Gasteiger charge is 2.54. The number of nitro groups is 1. The Labute approximate surface area is 126 Å². The Hall–Kier alpha value is -0.490. The van der Waals surface area contributed by atoms with Crippen molar-refractivity contribution in [3.8, 4) is 0 Å². The van der Waals surface area contributed by atoms with E-state index < -0.39 is 36.6 Å². The fraction of sp³-hybridized carbons (Fsp3) is 1.00. The number of rotatable bonds is 11. The summed E-state index contributed by atoms with van der Waals surface area (Å²) in [7, 11) is -4.03. The van der Waals surface area contributed by atoms with Crippen LogP contribution in [0.3, 0.4) is 0 Å². The molecule has 0 heterocycles. The Balaban J connectivity index is 5.43. The quantitative estimate of drug-likeness (QED) is 0.270. The average Bonchev–Trinajstić information content (AvgIpc) is 2.25. The molecule has 21 heavy (non-hydrogen) atoms. The normalized spacial score (nSPS) is 15.4. The lowest BCUT2D eigenvalue weighted by atomic mass is 10.1. The van der Waals surface area contributed by atoms with Crippen molar-refractivity contribution in [3.63, 3.8) is 0 Å². The molecule has 0 aliphatic heterocycles. The lowest BCUT2D eigenvalue weighted by molar-refractivity contribution is -0.495. The second-order valence-electron chi connectivity index (χ2n) is 5.74. The van der Waals surface area contributed by atoms with Crippen LogP contribution in [0.4, 0.5) is 0 Å². The smallest absolute Gasteiger partial charge is 0.369 e. The summed E-state index contributed by atoms with van der Waals surface area (Å²) in [6.45, 7) is 7.71. The van der Waals surface area contributed by atoms with Gasteiger partial charge in [0, 0.05) is 4.92 Å². The third-order valence-corrected chi connectivity index (χ3v) is 5.55. The monoisotopic (exact) mass is 325 g/mol. The van der Waals surface area contributed by atoms with Crippen LogP contribution in [0.5, 0.6) is 0 Å². The molecule has 0 saturated heterocycles. The maximum atomic E-state index is 13.0. The van der Waals surface area contributed by atoms with Gasteiger partial charge in [-0.1, -0.05) is 19.8 Å². The lowest BCUT2D eigenvalue weighted by Gasteiger charge is -2.34. The van der Waals surface area contributed by atoms with Crippen LogP contribution in [0, 0.1) is 10.1 Å². The molecule has 0 bridgehead atoms. The molecule has 1 unspecified atom stereocenters. The Morgan fingerprint density at radius 1 is 1.19 bits per heavy atom. The van der Waals surface area contributed by atoms with Crippen LogP contribution in [-0.4, -0.2) is 34.1 Å². The minimum Gasteiger partial charge on any atom is -0.372 e. The summed E-state index contributed by atoms with van der Waals surface area (Å²) in [5.74, 6) is 0. The van der Waals surface area contributed by atoms with E-state index in [-0.39, 0.29) is 6.42 Å². The van der Waals surface area contributed by atoms with Crippen molar-refractivity contribution in [2.45, 2.75) is 77.9 Å². The zero-order valence-electron chi connectivity index (χ0n) is 13.6. The summed E-state index contributed by atoms with van der Waals surface area (Å²) >= 11 is 0. The molecule has 0 rings (SSSR count). The van der Waals surface area contributed by atoms with Gasteiger partial charge in [-0.15, -0.1) is 0 Å². The average molecular weight is 325 g/mol. The highest BCUT2D eigenvalue weighted by atomic mass is 31.2. The van der Waals surface area contributed by atoms with E-state index in [4.69, 9.17) is 9.05 Å². The fourth-order valence-electron chi connectivity index (χ4n) is 1.94. The van der Waals surface area contributed by atoms with E-state index in [1.54, 1.807) is 27.7 Å². The van der Waals surface area contributed by atoms with Crippen LogP contribution >= 0.6 is 7.60 Å². The number of unbranched alkanes of at least 4 members (excludes halogenated alkanes) is 2. The van der Waals surface area contributed by atoms with E-state index in [0.29, 0.717) is 6.42 Å². The number of aliphatic hydroxyl groups is 1. The lowest BCUT2D eigenvalue weighted by Crippen LogP contribution is -2.39. The first kappa shape index (κ1) is 20.5. The van der Waals surface area contributed by atoms with Crippen LogP contribution in [0.25, 0.3) is 0 Å². The van der Waals surface area contributed by atoms with Crippen molar-refractivity contribution in [1.29, 1.82) is 0 Å². The zero-order valence-corrected chi connectivity index (χ0v) is 14.5. The van der Waals surface area contributed by atoms with E-state index in [9.17, 15) is 19.8 Å². The van der Waals surface area contributed by atoms with Crippen molar-refractivity contribution >= 4 is 7.60 Å². The van der Waals surface area contributed by atoms with Gasteiger partial charge < -0.3 is 14.2 Å². The van der Waals surface area contributed by atoms with Crippen molar-refractivity contribution in [1.82, 2.24) is 0 Å². The van der Waals surface area contributed by atoms with Gasteiger partial charge in [-0.25, -0.2) is 0 Å². The van der Waals surface area contributed by atoms with Gasteiger partial charge in [0.1, 0.15) is 0 Å². The molecule has 0 aromatic heterocycles. The third-order valence-electron chi connectivity index (χ3n) is 2.77. The van der Waals surface area contributed by atoms with Gasteiger partial charge >= 0.3 is 7.60 Å². The van der Waals surface area contributed by atoms with Crippen molar-refractivity contribution in [2.75, 3.05) is 6.54 Å². The molecule has 0 aromatic rings. The van der Waals surface area contributed by atoms with Gasteiger partial charge in [0.15, 0.2) is 0 Å². The van der Waals surface area contributed by atoms with E-state index in [2.05, 4.69) is 0 Å². The number of nitrogens with zero attached hydrogens (tertiary/aromatic N) is 1. The molecule has 0 radical (unpaired) electrons. The van der Waals surface area contributed by atoms with Crippen LogP contribution < -0.4 is 0 Å². The topological polar surface area (TPSA) is 98.9 Å². The van der Waals surface area contributed by atoms with Gasteiger partial charge in [-0.05, 0) is 40.5 Å². The first-order chi connectivity index (χ1) is 9.56. The standard InChI is InChI=1S/C13H28NO6P/c1-6-7-8-9-13(15,10-14(16)17)21(18,19-11(2)3)20-12(4)5/h11-12,15H,6-10H2,1-5H3. The molecule has 0 saturated carbocycles. The second-order valence-corrected chi connectivity index (χ2v) is 7.99. The summed E-state index contributed by atoms with van der Waals surface area (Å²) in [6, 6.07) is 0. The van der Waals surface area contributed by atoms with Crippen LogP contribution in [0.1, 0.15) is 60.3 Å². The van der Waals surface area contributed by atoms with Gasteiger partial charge in [0.05, 0.1) is 12.2 Å². The fourth-order valence-corrected chi connectivity index (χ4v) is 4.22. The summed E-state index contributed by atoms with van der Waals surface area (Å²) in [5, 5.41) is 19.5. The molecular weight excluding hydrogens is 297 g/mol. The molecule has 0 amide bonds. The first-order valence-electron chi connectivity index (χ1n) is 7.37. The van der Waals surface area contributed by atoms with Crippen molar-refractivity contribution < 1.29 is 23.6 Å². The molecule has 1 atom stereocenters. The maximum absolute atomic E-state index is 13.0. The predicted molar refractivity (Wildman–Crippen MR) is 81.0 cm³/mol. The maximum Gasteiger partial charge on any atom is 0.369 e. The van der Waals surface area contributed by atoms with Gasteiger partial charge in [0.2, 0.25) is 11.9 Å². The summed E-state index contributed by atoms with van der Waals surface area (Å²) in [5.41, 5.74) is 0. The Morgan fingerprint density at radius 2 is 1.67 bits per heavy atom. The second kappa shape index (κ2) is 8.83. The van der Waals surface area contributed by atoms with Gasteiger partial charge in [0.25, 0.3) is 0 Å². The minimum atomic E-state index is -4.03. The van der Waals surface area contributed by atoms with E-state index in [1.165, 1.54) is 0 Å². The molecule has 0 aliphatic rings. The Morgan fingerprint density at radius 3 is 2.00 bits per heavy atom. The molecule has 0 fully saturated rings. The molecular formula is C13H28NO6P. The summed E-state index contributed by atoms with van der Waals surface area (Å²) in [4.78, 5) is 10.2. The minimum absolute atomic E-state index is 0.0124. The molecule has 126 valence electrons. The summed E-state index contributed by atoms with van der Waals surface area (Å²) < 4.78 is 23.6. The molecule has 1 N–H and O–H groups in total. The number of hydrogen-bond acceptors (Lipinski definition) is 6. The Bertz CT molecular complexity index is 360. The number of hydrogen-bond donors (Lipinski definition) is 1. The predicted octanol–water partition coefficient (Wildman–Crippen LogP) is 3.58. The third kappa shape index (κ3) is 6.87. The molecule has 0 spiro atoms. The molecule has 8 heteroatoms. The first-order valence-corrected chi connectivity index (χ1v) is 8.91. The van der Waals surface area contributed by atoms with Crippen LogP contribution in [0.15, 0.2) is 0 Å². The van der Waals surface area contributed by atoms with Crippen molar-refractivity contribution in [3.05, 3.63) is 10.1 Å². The molecule has 7 nitrogen and oxygen atoms in total. The molecule has 0 aromatic carbocycles. The van der Waals surface area contributed by atoms with Crippen molar-refractivity contribution in [2.24, 2.45) is 0 Å².